The molecule has 25 heavy (non-hydrogen) atoms. The molecule has 2 rings (SSSR count). The Labute approximate surface area is 152 Å². The van der Waals surface area contributed by atoms with Gasteiger partial charge in [-0.3, -0.25) is 10.0 Å². The van der Waals surface area contributed by atoms with Gasteiger partial charge in [-0.25, -0.2) is 10.5 Å². The molecule has 0 fully saturated rings. The maximum atomic E-state index is 11.1. The summed E-state index contributed by atoms with van der Waals surface area (Å²) < 4.78 is 2.26. The van der Waals surface area contributed by atoms with Crippen molar-refractivity contribution >= 4 is 34.8 Å². The Kier molecular flexibility index (Phi) is 6.26. The van der Waals surface area contributed by atoms with Gasteiger partial charge >= 0.3 is 0 Å². The number of fused-ring (bicyclic) bond motifs is 1. The van der Waals surface area contributed by atoms with E-state index in [0.717, 1.165) is 34.8 Å². The highest BCUT2D eigenvalue weighted by Crippen LogP contribution is 2.28. The number of hydrogen-bond donors (Lipinski definition) is 2. The lowest BCUT2D eigenvalue weighted by Crippen LogP contribution is -2.32. The Hall–Kier alpha value is -1.83. The molecule has 0 bridgehead atoms. The topological polar surface area (TPSA) is 70.4 Å². The molecule has 0 saturated carbocycles. The molecule has 1 aromatic heterocycles. The van der Waals surface area contributed by atoms with Crippen molar-refractivity contribution in [1.29, 1.82) is 0 Å². The average molecular weight is 362 g/mol. The van der Waals surface area contributed by atoms with Crippen molar-refractivity contribution in [3.8, 4) is 0 Å². The normalized spacial score (nSPS) is 12.4. The van der Waals surface area contributed by atoms with Crippen LogP contribution in [-0.4, -0.2) is 52.5 Å². The highest BCUT2D eigenvalue weighted by atomic mass is 32.2. The molecule has 1 heterocycles. The summed E-state index contributed by atoms with van der Waals surface area (Å²) in [7, 11) is 4.18. The van der Waals surface area contributed by atoms with Gasteiger partial charge in [0, 0.05) is 19.2 Å². The van der Waals surface area contributed by atoms with Crippen molar-refractivity contribution in [2.75, 3.05) is 26.9 Å². The fraction of sp³-hybridized carbons (Fsp3) is 0.444. The Balaban J connectivity index is 2.37. The minimum Gasteiger partial charge on any atom is -0.318 e. The summed E-state index contributed by atoms with van der Waals surface area (Å²) in [4.78, 5) is 18.1. The Morgan fingerprint density at radius 2 is 2.16 bits per heavy atom. The van der Waals surface area contributed by atoms with Gasteiger partial charge < -0.3 is 9.47 Å². The number of aromatic nitrogens is 2. The minimum atomic E-state index is -0.555. The van der Waals surface area contributed by atoms with Crippen molar-refractivity contribution in [2.24, 2.45) is 5.41 Å². The van der Waals surface area contributed by atoms with E-state index in [0.29, 0.717) is 0 Å². The molecule has 0 saturated heterocycles. The molecule has 0 aliphatic heterocycles. The SMILES string of the molecule is CSc1nc2cc(C=CC(=O)NO)ccc2n1CC(C)(C)CN(C)C. The van der Waals surface area contributed by atoms with Crippen LogP contribution in [0.15, 0.2) is 29.4 Å². The molecule has 6 nitrogen and oxygen atoms in total. The zero-order chi connectivity index (χ0) is 18.6. The number of benzene rings is 1. The van der Waals surface area contributed by atoms with E-state index in [1.807, 2.05) is 24.5 Å². The van der Waals surface area contributed by atoms with Crippen LogP contribution < -0.4 is 5.48 Å². The maximum absolute atomic E-state index is 11.1. The third kappa shape index (κ3) is 5.07. The van der Waals surface area contributed by atoms with Crippen molar-refractivity contribution in [3.63, 3.8) is 0 Å². The number of hydrogen-bond acceptors (Lipinski definition) is 5. The van der Waals surface area contributed by atoms with Crippen LogP contribution in [0.3, 0.4) is 0 Å². The van der Waals surface area contributed by atoms with Crippen LogP contribution in [0.5, 0.6) is 0 Å². The molecule has 1 amide bonds. The van der Waals surface area contributed by atoms with Gasteiger partial charge in [0.25, 0.3) is 5.91 Å². The number of thioether (sulfide) groups is 1. The van der Waals surface area contributed by atoms with Crippen LogP contribution in [0.2, 0.25) is 0 Å². The fourth-order valence-corrected chi connectivity index (χ4v) is 3.65. The number of rotatable bonds is 7. The van der Waals surface area contributed by atoms with Crippen molar-refractivity contribution in [2.45, 2.75) is 25.5 Å². The first-order valence-corrected chi connectivity index (χ1v) is 9.29. The first kappa shape index (κ1) is 19.5. The van der Waals surface area contributed by atoms with Gasteiger partial charge in [-0.15, -0.1) is 0 Å². The van der Waals surface area contributed by atoms with E-state index in [1.165, 1.54) is 6.08 Å². The summed E-state index contributed by atoms with van der Waals surface area (Å²) in [5, 5.41) is 9.54. The van der Waals surface area contributed by atoms with Crippen molar-refractivity contribution in [3.05, 3.63) is 29.8 Å². The second kappa shape index (κ2) is 8.03. The Bertz CT molecular complexity index is 781. The third-order valence-corrected chi connectivity index (χ3v) is 4.46. The summed E-state index contributed by atoms with van der Waals surface area (Å²) in [5.74, 6) is -0.555. The molecule has 2 aromatic rings. The molecule has 2 N–H and O–H groups in total. The molecule has 136 valence electrons. The quantitative estimate of drug-likeness (QED) is 0.343. The van der Waals surface area contributed by atoms with Gasteiger partial charge in [-0.1, -0.05) is 31.7 Å². The van der Waals surface area contributed by atoms with Gasteiger partial charge in [0.15, 0.2) is 5.16 Å². The van der Waals surface area contributed by atoms with Crippen LogP contribution in [0.25, 0.3) is 17.1 Å². The predicted molar refractivity (Wildman–Crippen MR) is 103 cm³/mol. The zero-order valence-electron chi connectivity index (χ0n) is 15.4. The lowest BCUT2D eigenvalue weighted by molar-refractivity contribution is -0.124. The van der Waals surface area contributed by atoms with Gasteiger partial charge in [0.2, 0.25) is 0 Å². The summed E-state index contributed by atoms with van der Waals surface area (Å²) >= 11 is 1.63. The van der Waals surface area contributed by atoms with Crippen LogP contribution in [-0.2, 0) is 11.3 Å². The molecule has 0 atom stereocenters. The summed E-state index contributed by atoms with van der Waals surface area (Å²) in [5.41, 5.74) is 4.54. The maximum Gasteiger partial charge on any atom is 0.267 e. The Morgan fingerprint density at radius 1 is 1.44 bits per heavy atom. The monoisotopic (exact) mass is 362 g/mol. The molecule has 0 radical (unpaired) electrons. The smallest absolute Gasteiger partial charge is 0.267 e. The highest BCUT2D eigenvalue weighted by molar-refractivity contribution is 7.98. The predicted octanol–water partition coefficient (Wildman–Crippen LogP) is 2.86. The number of carbonyl (C=O) groups is 1. The van der Waals surface area contributed by atoms with E-state index in [-0.39, 0.29) is 5.41 Å². The second-order valence-corrected chi connectivity index (χ2v) is 7.92. The number of hydroxylamine groups is 1. The summed E-state index contributed by atoms with van der Waals surface area (Å²) in [6.45, 7) is 6.37. The fourth-order valence-electron chi connectivity index (χ4n) is 3.08. The third-order valence-electron chi connectivity index (χ3n) is 3.79. The van der Waals surface area contributed by atoms with Crippen molar-refractivity contribution in [1.82, 2.24) is 19.9 Å². The molecule has 0 unspecified atom stereocenters. The second-order valence-electron chi connectivity index (χ2n) is 7.14. The molecule has 7 heteroatoms. The average Bonchev–Trinajstić information content (AvgIpc) is 2.87. The van der Waals surface area contributed by atoms with E-state index in [1.54, 1.807) is 23.3 Å². The number of amides is 1. The molecule has 0 spiro atoms. The largest absolute Gasteiger partial charge is 0.318 e. The van der Waals surface area contributed by atoms with E-state index < -0.39 is 5.91 Å². The summed E-state index contributed by atoms with van der Waals surface area (Å²) in [6.07, 6.45) is 4.97. The minimum absolute atomic E-state index is 0.111. The lowest BCUT2D eigenvalue weighted by atomic mass is 9.93. The van der Waals surface area contributed by atoms with Crippen LogP contribution >= 0.6 is 11.8 Å². The van der Waals surface area contributed by atoms with Crippen LogP contribution in [0, 0.1) is 5.41 Å². The van der Waals surface area contributed by atoms with Gasteiger partial charge in [-0.2, -0.15) is 0 Å². The van der Waals surface area contributed by atoms with E-state index in [9.17, 15) is 4.79 Å². The van der Waals surface area contributed by atoms with Gasteiger partial charge in [0.05, 0.1) is 11.0 Å². The summed E-state index contributed by atoms with van der Waals surface area (Å²) in [6, 6.07) is 5.93. The number of nitrogens with zero attached hydrogens (tertiary/aromatic N) is 3. The van der Waals surface area contributed by atoms with Gasteiger partial charge in [-0.05, 0) is 49.5 Å². The first-order valence-electron chi connectivity index (χ1n) is 8.07. The first-order chi connectivity index (χ1) is 11.8. The van der Waals surface area contributed by atoms with Gasteiger partial charge in [0.1, 0.15) is 0 Å². The van der Waals surface area contributed by atoms with E-state index in [4.69, 9.17) is 10.2 Å². The van der Waals surface area contributed by atoms with Crippen LogP contribution in [0.1, 0.15) is 19.4 Å². The molecule has 0 aliphatic carbocycles. The molecule has 1 aromatic carbocycles. The lowest BCUT2D eigenvalue weighted by Gasteiger charge is -2.29. The molecular formula is C18H26N4O2S. The molecule has 0 aliphatic rings. The van der Waals surface area contributed by atoms with E-state index >= 15 is 0 Å². The van der Waals surface area contributed by atoms with Crippen LogP contribution in [0.4, 0.5) is 0 Å². The number of nitrogens with one attached hydrogen (secondary N) is 1. The number of imidazole rings is 1. The van der Waals surface area contributed by atoms with Crippen molar-refractivity contribution < 1.29 is 10.0 Å². The van der Waals surface area contributed by atoms with E-state index in [2.05, 4.69) is 37.4 Å². The Morgan fingerprint density at radius 3 is 2.76 bits per heavy atom. The zero-order valence-corrected chi connectivity index (χ0v) is 16.2. The highest BCUT2D eigenvalue weighted by Gasteiger charge is 2.22. The number of carbonyl (C=O) groups excluding carboxylic acids is 1. The standard InChI is InChI=1S/C18H26N4O2S/c1-18(2,11-21(3)4)12-22-15-8-6-13(7-9-16(23)20-24)10-14(15)19-17(22)25-5/h6-10,24H,11-12H2,1-5H3,(H,20,23). The molecular weight excluding hydrogens is 336 g/mol.